The molecule has 25 heavy (non-hydrogen) atoms. The number of nitrogens with zero attached hydrogens (tertiary/aromatic N) is 2. The van der Waals surface area contributed by atoms with E-state index < -0.39 is 5.91 Å². The third kappa shape index (κ3) is 5.05. The van der Waals surface area contributed by atoms with Crippen LogP contribution in [0.5, 0.6) is 0 Å². The van der Waals surface area contributed by atoms with E-state index in [1.54, 1.807) is 48.5 Å². The van der Waals surface area contributed by atoms with Crippen LogP contribution in [-0.4, -0.2) is 11.8 Å². The summed E-state index contributed by atoms with van der Waals surface area (Å²) in [6.07, 6.45) is 1.45. The van der Waals surface area contributed by atoms with E-state index in [0.717, 1.165) is 0 Å². The van der Waals surface area contributed by atoms with Gasteiger partial charge in [-0.05, 0) is 48.0 Å². The normalized spacial score (nSPS) is 10.3. The standard InChI is InChI=1S/C19H14N4O2/c1-13(24)22-17-6-8-18(9-7-17)23-19(25)16(12-21)10-14-2-4-15(11-20)5-3-14/h2-10H,1H3,(H,22,24)(H,23,25)/b16-10+. The minimum Gasteiger partial charge on any atom is -0.326 e. The molecule has 0 atom stereocenters. The zero-order chi connectivity index (χ0) is 18.2. The maximum atomic E-state index is 12.2. The summed E-state index contributed by atoms with van der Waals surface area (Å²) in [5.74, 6) is -0.729. The van der Waals surface area contributed by atoms with Crippen LogP contribution in [-0.2, 0) is 9.59 Å². The first-order valence-corrected chi connectivity index (χ1v) is 7.33. The fourth-order valence-electron chi connectivity index (χ4n) is 2.01. The van der Waals surface area contributed by atoms with Crippen molar-refractivity contribution in [3.63, 3.8) is 0 Å². The monoisotopic (exact) mass is 330 g/mol. The van der Waals surface area contributed by atoms with Crippen LogP contribution in [0.3, 0.4) is 0 Å². The summed E-state index contributed by atoms with van der Waals surface area (Å²) in [7, 11) is 0. The number of nitriles is 2. The fourth-order valence-corrected chi connectivity index (χ4v) is 2.01. The molecule has 2 amide bonds. The highest BCUT2D eigenvalue weighted by atomic mass is 16.2. The summed E-state index contributed by atoms with van der Waals surface area (Å²) in [5, 5.41) is 23.2. The summed E-state index contributed by atoms with van der Waals surface area (Å²) < 4.78 is 0. The molecule has 2 aromatic rings. The number of anilines is 2. The average molecular weight is 330 g/mol. The molecule has 2 rings (SSSR count). The van der Waals surface area contributed by atoms with Crippen LogP contribution in [0.15, 0.2) is 54.1 Å². The molecule has 0 aromatic heterocycles. The Balaban J connectivity index is 2.11. The predicted octanol–water partition coefficient (Wildman–Crippen LogP) is 3.06. The van der Waals surface area contributed by atoms with Gasteiger partial charge < -0.3 is 10.6 Å². The summed E-state index contributed by atoms with van der Waals surface area (Å²) in [6.45, 7) is 1.41. The highest BCUT2D eigenvalue weighted by Gasteiger charge is 2.09. The van der Waals surface area contributed by atoms with Crippen molar-refractivity contribution >= 4 is 29.3 Å². The number of rotatable bonds is 4. The van der Waals surface area contributed by atoms with Crippen molar-refractivity contribution in [1.82, 2.24) is 0 Å². The van der Waals surface area contributed by atoms with Gasteiger partial charge in [0.15, 0.2) is 0 Å². The van der Waals surface area contributed by atoms with Crippen molar-refractivity contribution in [2.24, 2.45) is 0 Å². The molecular formula is C19H14N4O2. The van der Waals surface area contributed by atoms with E-state index in [0.29, 0.717) is 22.5 Å². The van der Waals surface area contributed by atoms with E-state index in [2.05, 4.69) is 10.6 Å². The van der Waals surface area contributed by atoms with Crippen LogP contribution in [0, 0.1) is 22.7 Å². The van der Waals surface area contributed by atoms with Gasteiger partial charge in [-0.3, -0.25) is 9.59 Å². The quantitative estimate of drug-likeness (QED) is 0.663. The van der Waals surface area contributed by atoms with Crippen molar-refractivity contribution in [1.29, 1.82) is 10.5 Å². The number of amides is 2. The number of benzene rings is 2. The molecule has 0 fully saturated rings. The second-order valence-electron chi connectivity index (χ2n) is 5.12. The highest BCUT2D eigenvalue weighted by molar-refractivity contribution is 6.09. The Morgan fingerprint density at radius 3 is 1.96 bits per heavy atom. The number of nitrogens with one attached hydrogen (secondary N) is 2. The van der Waals surface area contributed by atoms with Crippen molar-refractivity contribution in [3.05, 3.63) is 65.2 Å². The minimum absolute atomic E-state index is 0.0596. The number of carbonyl (C=O) groups is 2. The highest BCUT2D eigenvalue weighted by Crippen LogP contribution is 2.15. The molecule has 0 unspecified atom stereocenters. The maximum Gasteiger partial charge on any atom is 0.266 e. The topological polar surface area (TPSA) is 106 Å². The second kappa shape index (κ2) is 8.09. The molecule has 0 aliphatic heterocycles. The van der Waals surface area contributed by atoms with Crippen LogP contribution in [0.2, 0.25) is 0 Å². The second-order valence-corrected chi connectivity index (χ2v) is 5.12. The van der Waals surface area contributed by atoms with Crippen LogP contribution in [0.25, 0.3) is 6.08 Å². The molecule has 122 valence electrons. The van der Waals surface area contributed by atoms with Crippen LogP contribution < -0.4 is 10.6 Å². The summed E-state index contributed by atoms with van der Waals surface area (Å²) in [4.78, 5) is 23.2. The van der Waals surface area contributed by atoms with E-state index in [9.17, 15) is 14.9 Å². The van der Waals surface area contributed by atoms with Gasteiger partial charge in [0.1, 0.15) is 11.6 Å². The van der Waals surface area contributed by atoms with Gasteiger partial charge >= 0.3 is 0 Å². The Kier molecular flexibility index (Phi) is 5.65. The molecule has 0 saturated heterocycles. The lowest BCUT2D eigenvalue weighted by Gasteiger charge is -2.06. The van der Waals surface area contributed by atoms with Crippen molar-refractivity contribution < 1.29 is 9.59 Å². The largest absolute Gasteiger partial charge is 0.326 e. The molecule has 0 bridgehead atoms. The van der Waals surface area contributed by atoms with Crippen LogP contribution in [0.4, 0.5) is 11.4 Å². The van der Waals surface area contributed by atoms with Gasteiger partial charge in [0.05, 0.1) is 11.6 Å². The molecule has 2 N–H and O–H groups in total. The van der Waals surface area contributed by atoms with Gasteiger partial charge in [0.25, 0.3) is 5.91 Å². The third-order valence-corrected chi connectivity index (χ3v) is 3.18. The van der Waals surface area contributed by atoms with E-state index in [1.807, 2.05) is 12.1 Å². The SMILES string of the molecule is CC(=O)Nc1ccc(NC(=O)/C(C#N)=C/c2ccc(C#N)cc2)cc1. The van der Waals surface area contributed by atoms with Gasteiger partial charge in [0, 0.05) is 18.3 Å². The zero-order valence-electron chi connectivity index (χ0n) is 13.4. The van der Waals surface area contributed by atoms with E-state index in [-0.39, 0.29) is 11.5 Å². The molecule has 0 saturated carbocycles. The molecular weight excluding hydrogens is 316 g/mol. The van der Waals surface area contributed by atoms with E-state index >= 15 is 0 Å². The Morgan fingerprint density at radius 2 is 1.48 bits per heavy atom. The van der Waals surface area contributed by atoms with E-state index in [4.69, 9.17) is 5.26 Å². The maximum absolute atomic E-state index is 12.2. The summed E-state index contributed by atoms with van der Waals surface area (Å²) in [6, 6.07) is 16.9. The molecule has 0 heterocycles. The van der Waals surface area contributed by atoms with Gasteiger partial charge in [-0.15, -0.1) is 0 Å². The zero-order valence-corrected chi connectivity index (χ0v) is 13.4. The average Bonchev–Trinajstić information content (AvgIpc) is 2.61. The van der Waals surface area contributed by atoms with Gasteiger partial charge in [0.2, 0.25) is 5.91 Å². The first-order valence-electron chi connectivity index (χ1n) is 7.33. The lowest BCUT2D eigenvalue weighted by Crippen LogP contribution is -2.13. The van der Waals surface area contributed by atoms with Gasteiger partial charge in [-0.2, -0.15) is 10.5 Å². The lowest BCUT2D eigenvalue weighted by molar-refractivity contribution is -0.114. The Bertz CT molecular complexity index is 898. The molecule has 0 radical (unpaired) electrons. The third-order valence-electron chi connectivity index (χ3n) is 3.18. The molecule has 6 heteroatoms. The Morgan fingerprint density at radius 1 is 0.920 bits per heavy atom. The van der Waals surface area contributed by atoms with Crippen molar-refractivity contribution in [3.8, 4) is 12.1 Å². The smallest absolute Gasteiger partial charge is 0.266 e. The number of hydrogen-bond acceptors (Lipinski definition) is 4. The molecule has 0 spiro atoms. The minimum atomic E-state index is -0.542. The molecule has 0 aliphatic carbocycles. The van der Waals surface area contributed by atoms with Crippen molar-refractivity contribution in [2.75, 3.05) is 10.6 Å². The van der Waals surface area contributed by atoms with Gasteiger partial charge in [-0.25, -0.2) is 0 Å². The molecule has 6 nitrogen and oxygen atoms in total. The lowest BCUT2D eigenvalue weighted by atomic mass is 10.1. The first kappa shape index (κ1) is 17.5. The summed E-state index contributed by atoms with van der Waals surface area (Å²) in [5.41, 5.74) is 2.20. The van der Waals surface area contributed by atoms with Crippen molar-refractivity contribution in [2.45, 2.75) is 6.92 Å². The predicted molar refractivity (Wildman–Crippen MR) is 94.1 cm³/mol. The van der Waals surface area contributed by atoms with Crippen LogP contribution >= 0.6 is 0 Å². The Hall–Kier alpha value is -3.90. The summed E-state index contributed by atoms with van der Waals surface area (Å²) >= 11 is 0. The van der Waals surface area contributed by atoms with Gasteiger partial charge in [-0.1, -0.05) is 12.1 Å². The number of hydrogen-bond donors (Lipinski definition) is 2. The number of carbonyl (C=O) groups excluding carboxylic acids is 2. The molecule has 0 aliphatic rings. The Labute approximate surface area is 145 Å². The van der Waals surface area contributed by atoms with Crippen LogP contribution in [0.1, 0.15) is 18.1 Å². The van der Waals surface area contributed by atoms with E-state index in [1.165, 1.54) is 13.0 Å². The molecule has 2 aromatic carbocycles. The first-order chi connectivity index (χ1) is 12.0. The fraction of sp³-hybridized carbons (Fsp3) is 0.0526.